The molecule has 0 radical (unpaired) electrons. The van der Waals surface area contributed by atoms with E-state index in [2.05, 4.69) is 10.1 Å². The summed E-state index contributed by atoms with van der Waals surface area (Å²) in [4.78, 5) is 28.4. The van der Waals surface area contributed by atoms with E-state index in [0.717, 1.165) is 0 Å². The van der Waals surface area contributed by atoms with Gasteiger partial charge in [-0.3, -0.25) is 4.79 Å². The summed E-state index contributed by atoms with van der Waals surface area (Å²) in [7, 11) is 0. The maximum absolute atomic E-state index is 12.0. The van der Waals surface area contributed by atoms with Crippen molar-refractivity contribution in [1.82, 2.24) is 14.6 Å². The average molecular weight is 370 g/mol. The molecule has 9 heteroatoms. The molecule has 6 nitrogen and oxygen atoms in total. The van der Waals surface area contributed by atoms with Crippen LogP contribution in [0.4, 0.5) is 0 Å². The SMILES string of the molecule is Cc1cc(=O)n2nc(COC(=O)c3ccc(Cl)c(Cl)c3)sc2n1. The normalized spacial score (nSPS) is 10.9. The van der Waals surface area contributed by atoms with Gasteiger partial charge in [0.05, 0.1) is 15.6 Å². The molecule has 0 bridgehead atoms. The number of aromatic nitrogens is 3. The van der Waals surface area contributed by atoms with E-state index in [-0.39, 0.29) is 22.8 Å². The molecule has 0 N–H and O–H groups in total. The number of carbonyl (C=O) groups excluding carboxylic acids is 1. The van der Waals surface area contributed by atoms with Gasteiger partial charge in [-0.2, -0.15) is 9.61 Å². The van der Waals surface area contributed by atoms with Crippen LogP contribution in [0.2, 0.25) is 10.0 Å². The smallest absolute Gasteiger partial charge is 0.338 e. The molecule has 0 aliphatic heterocycles. The molecule has 0 spiro atoms. The summed E-state index contributed by atoms with van der Waals surface area (Å²) in [5, 5.41) is 5.18. The first-order valence-electron chi connectivity index (χ1n) is 6.42. The van der Waals surface area contributed by atoms with Crippen LogP contribution in [0, 0.1) is 6.92 Å². The lowest BCUT2D eigenvalue weighted by molar-refractivity contribution is 0.0471. The van der Waals surface area contributed by atoms with Gasteiger partial charge in [0.1, 0.15) is 6.61 Å². The number of rotatable bonds is 3. The molecule has 0 saturated heterocycles. The molecule has 3 rings (SSSR count). The van der Waals surface area contributed by atoms with Crippen LogP contribution >= 0.6 is 34.5 Å². The summed E-state index contributed by atoms with van der Waals surface area (Å²) in [6, 6.07) is 5.85. The minimum absolute atomic E-state index is 0.0639. The van der Waals surface area contributed by atoms with E-state index in [1.165, 1.54) is 40.1 Å². The van der Waals surface area contributed by atoms with E-state index in [1.54, 1.807) is 6.92 Å². The topological polar surface area (TPSA) is 73.6 Å². The monoisotopic (exact) mass is 369 g/mol. The highest BCUT2D eigenvalue weighted by Gasteiger charge is 2.13. The highest BCUT2D eigenvalue weighted by atomic mass is 35.5. The van der Waals surface area contributed by atoms with Crippen molar-refractivity contribution in [3.8, 4) is 0 Å². The van der Waals surface area contributed by atoms with Crippen LogP contribution < -0.4 is 5.56 Å². The molecular weight excluding hydrogens is 361 g/mol. The third kappa shape index (κ3) is 3.36. The summed E-state index contributed by atoms with van der Waals surface area (Å²) in [5.41, 5.74) is 0.621. The molecule has 0 aliphatic carbocycles. The van der Waals surface area contributed by atoms with Crippen LogP contribution in [-0.2, 0) is 11.3 Å². The predicted molar refractivity (Wildman–Crippen MR) is 87.5 cm³/mol. The van der Waals surface area contributed by atoms with Crippen molar-refractivity contribution in [2.45, 2.75) is 13.5 Å². The van der Waals surface area contributed by atoms with Crippen molar-refractivity contribution in [2.75, 3.05) is 0 Å². The summed E-state index contributed by atoms with van der Waals surface area (Å²) >= 11 is 12.8. The standard InChI is InChI=1S/C14H9Cl2N3O3S/c1-7-4-12(20)19-14(17-7)23-11(18-19)6-22-13(21)8-2-3-9(15)10(16)5-8/h2-5H,6H2,1H3. The van der Waals surface area contributed by atoms with Gasteiger partial charge in [0.25, 0.3) is 5.56 Å². The number of ether oxygens (including phenoxy) is 1. The van der Waals surface area contributed by atoms with Gasteiger partial charge in [0, 0.05) is 11.8 Å². The number of aryl methyl sites for hydroxylation is 1. The van der Waals surface area contributed by atoms with Gasteiger partial charge in [0.15, 0.2) is 5.01 Å². The van der Waals surface area contributed by atoms with E-state index < -0.39 is 5.97 Å². The van der Waals surface area contributed by atoms with E-state index in [1.807, 2.05) is 0 Å². The number of carbonyl (C=O) groups is 1. The number of halogens is 2. The molecule has 3 aromatic rings. The number of nitrogens with zero attached hydrogens (tertiary/aromatic N) is 3. The molecule has 0 amide bonds. The zero-order valence-corrected chi connectivity index (χ0v) is 14.1. The quantitative estimate of drug-likeness (QED) is 0.663. The van der Waals surface area contributed by atoms with Gasteiger partial charge < -0.3 is 4.74 Å². The van der Waals surface area contributed by atoms with Gasteiger partial charge in [-0.25, -0.2) is 9.78 Å². The number of hydrogen-bond acceptors (Lipinski definition) is 6. The van der Waals surface area contributed by atoms with Crippen LogP contribution in [0.25, 0.3) is 4.96 Å². The largest absolute Gasteiger partial charge is 0.455 e. The Labute approximate surface area is 144 Å². The molecule has 2 heterocycles. The Morgan fingerprint density at radius 1 is 1.30 bits per heavy atom. The molecule has 0 saturated carbocycles. The summed E-state index contributed by atoms with van der Waals surface area (Å²) in [6.45, 7) is 1.66. The van der Waals surface area contributed by atoms with Gasteiger partial charge in [-0.15, -0.1) is 0 Å². The lowest BCUT2D eigenvalue weighted by Crippen LogP contribution is -2.14. The molecule has 1 aromatic carbocycles. The van der Waals surface area contributed by atoms with Crippen molar-refractivity contribution in [3.63, 3.8) is 0 Å². The van der Waals surface area contributed by atoms with Gasteiger partial charge in [-0.1, -0.05) is 34.5 Å². The number of esters is 1. The van der Waals surface area contributed by atoms with Crippen molar-refractivity contribution in [2.24, 2.45) is 0 Å². The second kappa shape index (κ2) is 6.27. The highest BCUT2D eigenvalue weighted by molar-refractivity contribution is 7.16. The van der Waals surface area contributed by atoms with Gasteiger partial charge in [0.2, 0.25) is 4.96 Å². The first-order chi connectivity index (χ1) is 10.9. The molecule has 0 fully saturated rings. The Kier molecular flexibility index (Phi) is 4.34. The Morgan fingerprint density at radius 2 is 2.09 bits per heavy atom. The van der Waals surface area contributed by atoms with Crippen LogP contribution in [0.5, 0.6) is 0 Å². The molecule has 23 heavy (non-hydrogen) atoms. The van der Waals surface area contributed by atoms with Crippen molar-refractivity contribution < 1.29 is 9.53 Å². The average Bonchev–Trinajstić information content (AvgIpc) is 2.91. The molecule has 2 aromatic heterocycles. The Balaban J connectivity index is 1.77. The Morgan fingerprint density at radius 3 is 2.83 bits per heavy atom. The van der Waals surface area contributed by atoms with Crippen LogP contribution in [0.15, 0.2) is 29.1 Å². The summed E-state index contributed by atoms with van der Waals surface area (Å²) in [5.74, 6) is -0.556. The van der Waals surface area contributed by atoms with E-state index in [0.29, 0.717) is 20.7 Å². The maximum atomic E-state index is 12.0. The molecule has 0 atom stereocenters. The third-order valence-corrected chi connectivity index (χ3v) is 4.52. The van der Waals surface area contributed by atoms with Crippen LogP contribution in [-0.4, -0.2) is 20.6 Å². The fourth-order valence-electron chi connectivity index (χ4n) is 1.85. The van der Waals surface area contributed by atoms with Crippen LogP contribution in [0.3, 0.4) is 0 Å². The zero-order chi connectivity index (χ0) is 16.6. The fraction of sp³-hybridized carbons (Fsp3) is 0.143. The molecular formula is C14H9Cl2N3O3S. The van der Waals surface area contributed by atoms with Crippen LogP contribution in [0.1, 0.15) is 21.1 Å². The van der Waals surface area contributed by atoms with Crippen molar-refractivity contribution in [3.05, 3.63) is 60.9 Å². The number of benzene rings is 1. The molecule has 118 valence electrons. The number of fused-ring (bicyclic) bond motifs is 1. The van der Waals surface area contributed by atoms with Gasteiger partial charge in [-0.05, 0) is 25.1 Å². The van der Waals surface area contributed by atoms with E-state index in [9.17, 15) is 9.59 Å². The maximum Gasteiger partial charge on any atom is 0.338 e. The second-order valence-corrected chi connectivity index (χ2v) is 6.49. The van der Waals surface area contributed by atoms with Crippen molar-refractivity contribution in [1.29, 1.82) is 0 Å². The second-order valence-electron chi connectivity index (χ2n) is 4.63. The Hall–Kier alpha value is -1.96. The van der Waals surface area contributed by atoms with E-state index >= 15 is 0 Å². The first-order valence-corrected chi connectivity index (χ1v) is 8.00. The minimum atomic E-state index is -0.556. The lowest BCUT2D eigenvalue weighted by Gasteiger charge is -2.03. The van der Waals surface area contributed by atoms with E-state index in [4.69, 9.17) is 27.9 Å². The molecule has 0 aliphatic rings. The third-order valence-electron chi connectivity index (χ3n) is 2.90. The van der Waals surface area contributed by atoms with Crippen molar-refractivity contribution >= 4 is 45.5 Å². The summed E-state index contributed by atoms with van der Waals surface area (Å²) < 4.78 is 6.35. The predicted octanol–water partition coefficient (Wildman–Crippen LogP) is 3.12. The summed E-state index contributed by atoms with van der Waals surface area (Å²) in [6.07, 6.45) is 0. The lowest BCUT2D eigenvalue weighted by atomic mass is 10.2. The highest BCUT2D eigenvalue weighted by Crippen LogP contribution is 2.23. The number of hydrogen-bond donors (Lipinski definition) is 0. The zero-order valence-electron chi connectivity index (χ0n) is 11.7. The Bertz CT molecular complexity index is 968. The minimum Gasteiger partial charge on any atom is -0.455 e. The molecule has 0 unspecified atom stereocenters. The fourth-order valence-corrected chi connectivity index (χ4v) is 3.01. The first kappa shape index (κ1) is 15.9. The van der Waals surface area contributed by atoms with Gasteiger partial charge >= 0.3 is 5.97 Å².